The minimum atomic E-state index is -4.36. The van der Waals surface area contributed by atoms with Crippen molar-refractivity contribution >= 4 is 10.4 Å². The first-order valence-corrected chi connectivity index (χ1v) is 16.6. The standard InChI is InChI=1S/C30H60O4S/c1-3-5-7-9-11-13-15-16-18-20-22-24-26-28-30(29-34-35(31,32)33)27-25-23-21-19-17-14-12-10-8-6-4-2/h25,27,30H,3-24,26,28-29H2,1-2H3,(H,31,32,33)/b27-25+. The van der Waals surface area contributed by atoms with E-state index in [1.54, 1.807) is 0 Å². The summed E-state index contributed by atoms with van der Waals surface area (Å²) in [6.45, 7) is 4.57. The fourth-order valence-electron chi connectivity index (χ4n) is 4.69. The van der Waals surface area contributed by atoms with Gasteiger partial charge in [-0.2, -0.15) is 8.42 Å². The zero-order valence-corrected chi connectivity index (χ0v) is 24.3. The van der Waals surface area contributed by atoms with Gasteiger partial charge in [0, 0.05) is 5.92 Å². The highest BCUT2D eigenvalue weighted by Gasteiger charge is 2.11. The van der Waals surface area contributed by atoms with Crippen molar-refractivity contribution in [2.24, 2.45) is 5.92 Å². The average Bonchev–Trinajstić information content (AvgIpc) is 2.82. The van der Waals surface area contributed by atoms with Crippen LogP contribution in [0.15, 0.2) is 12.2 Å². The minimum absolute atomic E-state index is 0.0470. The Bertz CT molecular complexity index is 545. The van der Waals surface area contributed by atoms with Gasteiger partial charge in [0.15, 0.2) is 0 Å². The van der Waals surface area contributed by atoms with Crippen LogP contribution in [0, 0.1) is 5.92 Å². The van der Waals surface area contributed by atoms with Crippen LogP contribution >= 0.6 is 0 Å². The van der Waals surface area contributed by atoms with E-state index in [0.29, 0.717) is 0 Å². The molecule has 210 valence electrons. The highest BCUT2D eigenvalue weighted by Crippen LogP contribution is 2.17. The molecule has 0 radical (unpaired) electrons. The van der Waals surface area contributed by atoms with E-state index in [0.717, 1.165) is 19.3 Å². The summed E-state index contributed by atoms with van der Waals surface area (Å²) < 4.78 is 35.6. The number of hydrogen-bond acceptors (Lipinski definition) is 3. The van der Waals surface area contributed by atoms with Crippen LogP contribution in [0.1, 0.15) is 168 Å². The van der Waals surface area contributed by atoms with Gasteiger partial charge in [-0.15, -0.1) is 0 Å². The molecule has 0 aromatic rings. The highest BCUT2D eigenvalue weighted by molar-refractivity contribution is 7.80. The summed E-state index contributed by atoms with van der Waals surface area (Å²) in [4.78, 5) is 0. The smallest absolute Gasteiger partial charge is 0.264 e. The van der Waals surface area contributed by atoms with Crippen LogP contribution in [0.4, 0.5) is 0 Å². The predicted octanol–water partition coefficient (Wildman–Crippen LogP) is 10.4. The largest absolute Gasteiger partial charge is 0.397 e. The van der Waals surface area contributed by atoms with E-state index in [2.05, 4.69) is 30.2 Å². The summed E-state index contributed by atoms with van der Waals surface area (Å²) in [5.74, 6) is 0.0585. The van der Waals surface area contributed by atoms with Crippen LogP contribution in [0.25, 0.3) is 0 Å². The molecule has 0 amide bonds. The van der Waals surface area contributed by atoms with Crippen LogP contribution < -0.4 is 0 Å². The zero-order chi connectivity index (χ0) is 25.9. The van der Waals surface area contributed by atoms with Crippen LogP contribution in [-0.4, -0.2) is 19.6 Å². The number of allylic oxidation sites excluding steroid dienone is 1. The molecule has 35 heavy (non-hydrogen) atoms. The average molecular weight is 517 g/mol. The van der Waals surface area contributed by atoms with Crippen molar-refractivity contribution < 1.29 is 17.2 Å². The van der Waals surface area contributed by atoms with Crippen molar-refractivity contribution in [1.29, 1.82) is 0 Å². The van der Waals surface area contributed by atoms with Gasteiger partial charge in [0.1, 0.15) is 0 Å². The van der Waals surface area contributed by atoms with Crippen LogP contribution in [0.3, 0.4) is 0 Å². The quantitative estimate of drug-likeness (QED) is 0.0638. The molecule has 0 aliphatic heterocycles. The third kappa shape index (κ3) is 29.7. The Morgan fingerprint density at radius 2 is 0.971 bits per heavy atom. The van der Waals surface area contributed by atoms with E-state index in [9.17, 15) is 8.42 Å². The molecule has 0 aliphatic carbocycles. The summed E-state index contributed by atoms with van der Waals surface area (Å²) in [7, 11) is -4.36. The fourth-order valence-corrected chi connectivity index (χ4v) is 5.04. The predicted molar refractivity (Wildman–Crippen MR) is 152 cm³/mol. The Morgan fingerprint density at radius 1 is 0.600 bits per heavy atom. The van der Waals surface area contributed by atoms with Crippen LogP contribution in [-0.2, 0) is 14.6 Å². The Labute approximate surface area is 220 Å². The lowest BCUT2D eigenvalue weighted by Crippen LogP contribution is -2.12. The van der Waals surface area contributed by atoms with E-state index in [1.807, 2.05) is 0 Å². The first-order chi connectivity index (χ1) is 17.0. The van der Waals surface area contributed by atoms with Crippen molar-refractivity contribution in [2.75, 3.05) is 6.61 Å². The summed E-state index contributed by atoms with van der Waals surface area (Å²) in [5, 5.41) is 0. The van der Waals surface area contributed by atoms with Crippen LogP contribution in [0.2, 0.25) is 0 Å². The van der Waals surface area contributed by atoms with Gasteiger partial charge in [0.25, 0.3) is 0 Å². The van der Waals surface area contributed by atoms with Crippen molar-refractivity contribution in [3.8, 4) is 0 Å². The summed E-state index contributed by atoms with van der Waals surface area (Å²) in [6.07, 6.45) is 35.4. The molecule has 0 aromatic carbocycles. The lowest BCUT2D eigenvalue weighted by atomic mass is 9.99. The lowest BCUT2D eigenvalue weighted by Gasteiger charge is -2.12. The maximum Gasteiger partial charge on any atom is 0.397 e. The Morgan fingerprint density at radius 3 is 1.37 bits per heavy atom. The fraction of sp³-hybridized carbons (Fsp3) is 0.933. The van der Waals surface area contributed by atoms with Gasteiger partial charge in [0.2, 0.25) is 0 Å². The third-order valence-corrected chi connectivity index (χ3v) is 7.43. The second kappa shape index (κ2) is 26.7. The molecule has 4 nitrogen and oxygen atoms in total. The molecule has 5 heteroatoms. The van der Waals surface area contributed by atoms with Gasteiger partial charge in [-0.1, -0.05) is 161 Å². The first kappa shape index (κ1) is 34.6. The second-order valence-electron chi connectivity index (χ2n) is 10.5. The molecule has 0 spiro atoms. The zero-order valence-electron chi connectivity index (χ0n) is 23.5. The number of hydrogen-bond donors (Lipinski definition) is 1. The molecule has 0 bridgehead atoms. The van der Waals surface area contributed by atoms with Gasteiger partial charge in [-0.3, -0.25) is 4.55 Å². The van der Waals surface area contributed by atoms with Crippen molar-refractivity contribution in [3.05, 3.63) is 12.2 Å². The maximum atomic E-state index is 11.0. The van der Waals surface area contributed by atoms with E-state index >= 15 is 0 Å². The van der Waals surface area contributed by atoms with E-state index < -0.39 is 10.4 Å². The van der Waals surface area contributed by atoms with Gasteiger partial charge < -0.3 is 0 Å². The molecule has 0 heterocycles. The molecule has 1 unspecified atom stereocenters. The first-order valence-electron chi connectivity index (χ1n) is 15.3. The van der Waals surface area contributed by atoms with E-state index in [4.69, 9.17) is 4.55 Å². The Balaban J connectivity index is 3.83. The van der Waals surface area contributed by atoms with Gasteiger partial charge in [0.05, 0.1) is 6.61 Å². The molecule has 0 saturated carbocycles. The Hall–Kier alpha value is -0.390. The maximum absolute atomic E-state index is 11.0. The molecule has 0 rings (SSSR count). The summed E-state index contributed by atoms with van der Waals surface area (Å²) in [5.41, 5.74) is 0. The third-order valence-electron chi connectivity index (χ3n) is 6.99. The summed E-state index contributed by atoms with van der Waals surface area (Å²) >= 11 is 0. The van der Waals surface area contributed by atoms with Crippen molar-refractivity contribution in [2.45, 2.75) is 168 Å². The lowest BCUT2D eigenvalue weighted by molar-refractivity contribution is 0.234. The monoisotopic (exact) mass is 516 g/mol. The normalized spacial score (nSPS) is 13.1. The molecule has 0 aromatic heterocycles. The van der Waals surface area contributed by atoms with E-state index in [1.165, 1.54) is 135 Å². The van der Waals surface area contributed by atoms with Gasteiger partial charge in [-0.05, 0) is 19.3 Å². The molecule has 1 atom stereocenters. The van der Waals surface area contributed by atoms with Gasteiger partial charge >= 0.3 is 10.4 Å². The molecular weight excluding hydrogens is 456 g/mol. The molecular formula is C30H60O4S. The highest BCUT2D eigenvalue weighted by atomic mass is 32.3. The van der Waals surface area contributed by atoms with E-state index in [-0.39, 0.29) is 12.5 Å². The molecule has 1 N–H and O–H groups in total. The van der Waals surface area contributed by atoms with Crippen molar-refractivity contribution in [1.82, 2.24) is 0 Å². The van der Waals surface area contributed by atoms with Crippen LogP contribution in [0.5, 0.6) is 0 Å². The van der Waals surface area contributed by atoms with Crippen molar-refractivity contribution in [3.63, 3.8) is 0 Å². The number of rotatable bonds is 28. The second-order valence-corrected chi connectivity index (χ2v) is 11.6. The SMILES string of the molecule is CCCCCCCCCCC/C=C/C(CCCCCCCCCCCCCCC)COS(=O)(=O)O. The molecule has 0 saturated heterocycles. The molecule has 0 aliphatic rings. The Kier molecular flexibility index (Phi) is 26.4. The summed E-state index contributed by atoms with van der Waals surface area (Å²) in [6, 6.07) is 0. The minimum Gasteiger partial charge on any atom is -0.264 e. The number of unbranched alkanes of at least 4 members (excludes halogenated alkanes) is 21. The molecule has 0 fully saturated rings. The van der Waals surface area contributed by atoms with Gasteiger partial charge in [-0.25, -0.2) is 4.18 Å². The topological polar surface area (TPSA) is 63.6 Å².